The number of fused-ring (bicyclic) bond motifs is 2. The van der Waals surface area contributed by atoms with Gasteiger partial charge in [-0.2, -0.15) is 12.6 Å². The molecule has 2 aliphatic carbocycles. The van der Waals surface area contributed by atoms with E-state index in [-0.39, 0.29) is 30.5 Å². The van der Waals surface area contributed by atoms with Crippen molar-refractivity contribution in [3.05, 3.63) is 0 Å². The molecule has 3 unspecified atom stereocenters. The molecule has 3 N–H and O–H groups in total. The van der Waals surface area contributed by atoms with Crippen molar-refractivity contribution in [1.82, 2.24) is 0 Å². The summed E-state index contributed by atoms with van der Waals surface area (Å²) < 4.78 is 0. The van der Waals surface area contributed by atoms with E-state index in [9.17, 15) is 15.3 Å². The standard InChI is InChI=1S/C10H18O3S/c11-4-9-2-1-7(3-8(9)14)10(9,5-12)6-13/h7-8,11-14H,1-6H2. The fourth-order valence-corrected chi connectivity index (χ4v) is 4.39. The maximum absolute atomic E-state index is 9.54. The van der Waals surface area contributed by atoms with E-state index in [0.29, 0.717) is 5.92 Å². The molecule has 0 radical (unpaired) electrons. The predicted molar refractivity (Wildman–Crippen MR) is 56.2 cm³/mol. The van der Waals surface area contributed by atoms with Crippen LogP contribution in [0.5, 0.6) is 0 Å². The lowest BCUT2D eigenvalue weighted by Gasteiger charge is -2.41. The van der Waals surface area contributed by atoms with Crippen molar-refractivity contribution in [3.8, 4) is 0 Å². The molecule has 2 bridgehead atoms. The summed E-state index contributed by atoms with van der Waals surface area (Å²) in [5.74, 6) is 0.326. The van der Waals surface area contributed by atoms with Gasteiger partial charge in [-0.25, -0.2) is 0 Å². The SMILES string of the molecule is OCC12CCC(CC1S)C2(CO)CO. The molecular weight excluding hydrogens is 200 g/mol. The molecule has 82 valence electrons. The van der Waals surface area contributed by atoms with Crippen LogP contribution in [0.15, 0.2) is 0 Å². The molecule has 3 nitrogen and oxygen atoms in total. The maximum atomic E-state index is 9.54. The zero-order chi connectivity index (χ0) is 10.4. The lowest BCUT2D eigenvalue weighted by atomic mass is 9.68. The third kappa shape index (κ3) is 0.953. The number of hydrogen-bond acceptors (Lipinski definition) is 4. The zero-order valence-electron chi connectivity index (χ0n) is 8.19. The molecule has 0 aromatic carbocycles. The van der Waals surface area contributed by atoms with E-state index in [2.05, 4.69) is 12.6 Å². The maximum Gasteiger partial charge on any atom is 0.0518 e. The number of aliphatic hydroxyl groups excluding tert-OH is 3. The minimum absolute atomic E-state index is 0.0266. The van der Waals surface area contributed by atoms with E-state index < -0.39 is 5.41 Å². The molecule has 2 rings (SSSR count). The lowest BCUT2D eigenvalue weighted by molar-refractivity contribution is -0.0560. The van der Waals surface area contributed by atoms with Gasteiger partial charge >= 0.3 is 0 Å². The van der Waals surface area contributed by atoms with Gasteiger partial charge in [0.1, 0.15) is 0 Å². The third-order valence-corrected chi connectivity index (χ3v) is 5.41. The first-order chi connectivity index (χ1) is 6.66. The van der Waals surface area contributed by atoms with E-state index in [1.165, 1.54) is 0 Å². The van der Waals surface area contributed by atoms with Gasteiger partial charge in [-0.3, -0.25) is 0 Å². The molecule has 2 aliphatic rings. The van der Waals surface area contributed by atoms with Crippen molar-refractivity contribution in [2.45, 2.75) is 24.5 Å². The van der Waals surface area contributed by atoms with E-state index in [1.54, 1.807) is 0 Å². The fourth-order valence-electron chi connectivity index (χ4n) is 3.67. The number of hydrogen-bond donors (Lipinski definition) is 4. The Hall–Kier alpha value is 0.230. The summed E-state index contributed by atoms with van der Waals surface area (Å²) >= 11 is 4.50. The van der Waals surface area contributed by atoms with Gasteiger partial charge in [-0.15, -0.1) is 0 Å². The minimum Gasteiger partial charge on any atom is -0.396 e. The van der Waals surface area contributed by atoms with Crippen LogP contribution in [0.4, 0.5) is 0 Å². The van der Waals surface area contributed by atoms with Crippen molar-refractivity contribution in [2.75, 3.05) is 19.8 Å². The average Bonchev–Trinajstić information content (AvgIpc) is 2.65. The summed E-state index contributed by atoms with van der Waals surface area (Å²) in [7, 11) is 0. The summed E-state index contributed by atoms with van der Waals surface area (Å²) in [4.78, 5) is 0. The van der Waals surface area contributed by atoms with Gasteiger partial charge in [-0.05, 0) is 25.2 Å². The van der Waals surface area contributed by atoms with Crippen molar-refractivity contribution >= 4 is 12.6 Å². The van der Waals surface area contributed by atoms with Gasteiger partial charge in [0, 0.05) is 16.1 Å². The Balaban J connectivity index is 2.41. The molecule has 0 spiro atoms. The van der Waals surface area contributed by atoms with Crippen LogP contribution in [0.2, 0.25) is 0 Å². The van der Waals surface area contributed by atoms with Crippen LogP contribution in [0, 0.1) is 16.7 Å². The van der Waals surface area contributed by atoms with Crippen LogP contribution in [-0.2, 0) is 0 Å². The normalized spacial score (nSPS) is 44.6. The molecule has 4 heteroatoms. The Kier molecular flexibility index (Phi) is 2.59. The molecule has 2 saturated carbocycles. The number of aliphatic hydroxyl groups is 3. The van der Waals surface area contributed by atoms with E-state index >= 15 is 0 Å². The van der Waals surface area contributed by atoms with Gasteiger partial charge in [0.15, 0.2) is 0 Å². The summed E-state index contributed by atoms with van der Waals surface area (Å²) in [6.07, 6.45) is 2.78. The Morgan fingerprint density at radius 3 is 2.14 bits per heavy atom. The first-order valence-corrected chi connectivity index (χ1v) is 5.69. The topological polar surface area (TPSA) is 60.7 Å². The average molecular weight is 218 g/mol. The highest BCUT2D eigenvalue weighted by molar-refractivity contribution is 7.81. The minimum atomic E-state index is -0.492. The third-order valence-electron chi connectivity index (χ3n) is 4.70. The van der Waals surface area contributed by atoms with E-state index in [1.807, 2.05) is 0 Å². The van der Waals surface area contributed by atoms with Crippen LogP contribution in [-0.4, -0.2) is 40.4 Å². The largest absolute Gasteiger partial charge is 0.396 e. The molecule has 3 atom stereocenters. The van der Waals surface area contributed by atoms with Crippen LogP contribution >= 0.6 is 12.6 Å². The van der Waals surface area contributed by atoms with Gasteiger partial charge in [-0.1, -0.05) is 0 Å². The summed E-state index contributed by atoms with van der Waals surface area (Å²) in [5.41, 5.74) is -0.849. The van der Waals surface area contributed by atoms with Gasteiger partial charge in [0.05, 0.1) is 19.8 Å². The number of rotatable bonds is 3. The Morgan fingerprint density at radius 1 is 1.14 bits per heavy atom. The second-order valence-electron chi connectivity index (χ2n) is 4.77. The van der Waals surface area contributed by atoms with Crippen LogP contribution in [0.3, 0.4) is 0 Å². The first-order valence-electron chi connectivity index (χ1n) is 5.17. The second-order valence-corrected chi connectivity index (χ2v) is 5.40. The van der Waals surface area contributed by atoms with Crippen LogP contribution in [0.1, 0.15) is 19.3 Å². The molecule has 2 fully saturated rings. The highest BCUT2D eigenvalue weighted by Gasteiger charge is 2.66. The molecule has 0 heterocycles. The van der Waals surface area contributed by atoms with Crippen molar-refractivity contribution in [3.63, 3.8) is 0 Å². The zero-order valence-corrected chi connectivity index (χ0v) is 9.08. The summed E-state index contributed by atoms with van der Waals surface area (Å²) in [6, 6.07) is 0. The number of thiol groups is 1. The van der Waals surface area contributed by atoms with Crippen molar-refractivity contribution in [1.29, 1.82) is 0 Å². The van der Waals surface area contributed by atoms with Crippen molar-refractivity contribution in [2.24, 2.45) is 16.7 Å². The molecule has 14 heavy (non-hydrogen) atoms. The lowest BCUT2D eigenvalue weighted by Crippen LogP contribution is -2.48. The smallest absolute Gasteiger partial charge is 0.0518 e. The molecule has 0 aromatic rings. The van der Waals surface area contributed by atoms with Gasteiger partial charge in [0.2, 0.25) is 0 Å². The van der Waals surface area contributed by atoms with E-state index in [0.717, 1.165) is 19.3 Å². The highest BCUT2D eigenvalue weighted by atomic mass is 32.1. The molecule has 0 saturated heterocycles. The van der Waals surface area contributed by atoms with Crippen molar-refractivity contribution < 1.29 is 15.3 Å². The second kappa shape index (κ2) is 3.37. The van der Waals surface area contributed by atoms with E-state index in [4.69, 9.17) is 0 Å². The monoisotopic (exact) mass is 218 g/mol. The fraction of sp³-hybridized carbons (Fsp3) is 1.00. The predicted octanol–water partition coefficient (Wildman–Crippen LogP) is 0.0482. The quantitative estimate of drug-likeness (QED) is 0.506. The Labute approximate surface area is 89.5 Å². The van der Waals surface area contributed by atoms with Crippen LogP contribution < -0.4 is 0 Å². The summed E-state index contributed by atoms with van der Waals surface area (Å²) in [6.45, 7) is -0.0453. The summed E-state index contributed by atoms with van der Waals surface area (Å²) in [5, 5.41) is 28.7. The van der Waals surface area contributed by atoms with Gasteiger partial charge < -0.3 is 15.3 Å². The molecule has 0 amide bonds. The van der Waals surface area contributed by atoms with Gasteiger partial charge in [0.25, 0.3) is 0 Å². The van der Waals surface area contributed by atoms with Crippen LogP contribution in [0.25, 0.3) is 0 Å². The Morgan fingerprint density at radius 2 is 1.79 bits per heavy atom. The Bertz CT molecular complexity index is 224. The molecule has 0 aliphatic heterocycles. The molecule has 0 aromatic heterocycles. The highest BCUT2D eigenvalue weighted by Crippen LogP contribution is 2.66. The first kappa shape index (κ1) is 10.7. The molecular formula is C10H18O3S.